The Morgan fingerprint density at radius 2 is 1.67 bits per heavy atom. The lowest BCUT2D eigenvalue weighted by atomic mass is 9.98. The molecule has 0 saturated carbocycles. The van der Waals surface area contributed by atoms with Crippen molar-refractivity contribution in [3.63, 3.8) is 0 Å². The van der Waals surface area contributed by atoms with Crippen LogP contribution >= 0.6 is 0 Å². The fraction of sp³-hybridized carbons (Fsp3) is 0.441. The summed E-state index contributed by atoms with van der Waals surface area (Å²) < 4.78 is 6.39. The van der Waals surface area contributed by atoms with Gasteiger partial charge in [-0.2, -0.15) is 0 Å². The number of benzene rings is 2. The number of nitrogens with one attached hydrogen (secondary N) is 3. The van der Waals surface area contributed by atoms with Crippen LogP contribution in [0.3, 0.4) is 0 Å². The minimum atomic E-state index is -1.01. The molecule has 1 aliphatic rings. The predicted molar refractivity (Wildman–Crippen MR) is 172 cm³/mol. The highest BCUT2D eigenvalue weighted by Crippen LogP contribution is 2.30. The monoisotopic (exact) mass is 630 g/mol. The first-order valence-corrected chi connectivity index (χ1v) is 15.6. The van der Waals surface area contributed by atoms with Crippen LogP contribution in [-0.2, 0) is 19.2 Å². The predicted octanol–water partition coefficient (Wildman–Crippen LogP) is 2.67. The number of fused-ring (bicyclic) bond motifs is 1. The molecule has 3 aromatic rings. The molecule has 12 nitrogen and oxygen atoms in total. The molecule has 0 bridgehead atoms. The summed E-state index contributed by atoms with van der Waals surface area (Å²) in [6.07, 6.45) is 4.85. The second kappa shape index (κ2) is 15.4. The summed E-state index contributed by atoms with van der Waals surface area (Å²) in [7, 11) is 0. The first-order valence-electron chi connectivity index (χ1n) is 15.6. The molecule has 2 heterocycles. The summed E-state index contributed by atoms with van der Waals surface area (Å²) in [5.41, 5.74) is 0.0568. The molecule has 0 aliphatic carbocycles. The van der Waals surface area contributed by atoms with Crippen LogP contribution in [0.15, 0.2) is 61.1 Å². The quantitative estimate of drug-likeness (QED) is 0.243. The van der Waals surface area contributed by atoms with Gasteiger partial charge in [-0.25, -0.2) is 4.98 Å². The molecule has 12 heteroatoms. The number of rotatable bonds is 13. The van der Waals surface area contributed by atoms with Crippen LogP contribution in [0.5, 0.6) is 5.75 Å². The van der Waals surface area contributed by atoms with Gasteiger partial charge >= 0.3 is 0 Å². The van der Waals surface area contributed by atoms with Crippen molar-refractivity contribution in [2.45, 2.75) is 77.7 Å². The van der Waals surface area contributed by atoms with Crippen molar-refractivity contribution in [1.82, 2.24) is 30.8 Å². The third-order valence-electron chi connectivity index (χ3n) is 8.09. The molecule has 244 valence electrons. The zero-order valence-corrected chi connectivity index (χ0v) is 26.8. The van der Waals surface area contributed by atoms with E-state index in [1.807, 2.05) is 42.5 Å². The Kier molecular flexibility index (Phi) is 11.4. The zero-order valence-electron chi connectivity index (χ0n) is 26.8. The van der Waals surface area contributed by atoms with E-state index in [2.05, 4.69) is 25.9 Å². The molecule has 1 aliphatic heterocycles. The van der Waals surface area contributed by atoms with Gasteiger partial charge in [0.2, 0.25) is 17.7 Å². The number of carbonyl (C=O) groups excluding carboxylic acids is 5. The number of hydrogen-bond donors (Lipinski definition) is 3. The van der Waals surface area contributed by atoms with Crippen LogP contribution in [0.1, 0.15) is 57.9 Å². The Morgan fingerprint density at radius 1 is 0.957 bits per heavy atom. The highest BCUT2D eigenvalue weighted by molar-refractivity contribution is 5.98. The van der Waals surface area contributed by atoms with Gasteiger partial charge in [0.25, 0.3) is 5.91 Å². The zero-order chi connectivity index (χ0) is 33.4. The molecule has 3 N–H and O–H groups in total. The molecule has 5 atom stereocenters. The Bertz CT molecular complexity index is 1540. The van der Waals surface area contributed by atoms with Crippen molar-refractivity contribution < 1.29 is 28.7 Å². The summed E-state index contributed by atoms with van der Waals surface area (Å²) in [4.78, 5) is 74.9. The standard InChI is InChI=1S/C34H42N6O6/c1-6-23(19-41)37-32(43)27-16-24(46-28-13-9-11-22-10-7-8-12-25(22)28)18-40(27)34(45)30(21(4)5)39-33(44)29(20(2)3)38-31(42)26-17-35-14-15-36-26/h7-15,17,19-21,23-24,27,29-30H,6,16,18H2,1-5H3,(H,37,43)(H,38,42)(H,39,44)/t23-,24+,27-,29+,30+/m0/s1. The van der Waals surface area contributed by atoms with Crippen molar-refractivity contribution in [1.29, 1.82) is 0 Å². The fourth-order valence-corrected chi connectivity index (χ4v) is 5.47. The van der Waals surface area contributed by atoms with Crippen molar-refractivity contribution in [2.75, 3.05) is 6.54 Å². The van der Waals surface area contributed by atoms with E-state index in [0.29, 0.717) is 18.5 Å². The van der Waals surface area contributed by atoms with Gasteiger partial charge in [-0.1, -0.05) is 71.0 Å². The summed E-state index contributed by atoms with van der Waals surface area (Å²) in [5.74, 6) is -2.10. The topological polar surface area (TPSA) is 160 Å². The van der Waals surface area contributed by atoms with E-state index in [0.717, 1.165) is 10.8 Å². The van der Waals surface area contributed by atoms with Gasteiger partial charge in [-0.3, -0.25) is 24.2 Å². The Morgan fingerprint density at radius 3 is 2.33 bits per heavy atom. The van der Waals surface area contributed by atoms with Gasteiger partial charge in [0.1, 0.15) is 42.0 Å². The molecule has 0 radical (unpaired) electrons. The van der Waals surface area contributed by atoms with Crippen molar-refractivity contribution >= 4 is 40.7 Å². The highest BCUT2D eigenvalue weighted by atomic mass is 16.5. The minimum Gasteiger partial charge on any atom is -0.488 e. The highest BCUT2D eigenvalue weighted by Gasteiger charge is 2.44. The molecule has 46 heavy (non-hydrogen) atoms. The second-order valence-electron chi connectivity index (χ2n) is 12.1. The van der Waals surface area contributed by atoms with Crippen LogP contribution < -0.4 is 20.7 Å². The normalized spacial score (nSPS) is 18.1. The maximum absolute atomic E-state index is 14.2. The average molecular weight is 631 g/mol. The van der Waals surface area contributed by atoms with E-state index in [1.54, 1.807) is 34.6 Å². The van der Waals surface area contributed by atoms with Gasteiger partial charge < -0.3 is 30.4 Å². The van der Waals surface area contributed by atoms with Crippen LogP contribution in [-0.4, -0.2) is 81.6 Å². The first-order chi connectivity index (χ1) is 22.0. The Labute approximate surface area is 268 Å². The van der Waals surface area contributed by atoms with Crippen LogP contribution in [0.4, 0.5) is 0 Å². The lowest BCUT2D eigenvalue weighted by molar-refractivity contribution is -0.143. The van der Waals surface area contributed by atoms with Crippen LogP contribution in [0.2, 0.25) is 0 Å². The molecule has 0 spiro atoms. The van der Waals surface area contributed by atoms with E-state index >= 15 is 0 Å². The van der Waals surface area contributed by atoms with Gasteiger partial charge in [-0.15, -0.1) is 0 Å². The number of likely N-dealkylation sites (tertiary alicyclic amines) is 1. The average Bonchev–Trinajstić information content (AvgIpc) is 3.48. The van der Waals surface area contributed by atoms with Crippen LogP contribution in [0, 0.1) is 11.8 Å². The third kappa shape index (κ3) is 8.04. The molecule has 1 saturated heterocycles. The van der Waals surface area contributed by atoms with Gasteiger partial charge in [-0.05, 0) is 29.7 Å². The maximum Gasteiger partial charge on any atom is 0.272 e. The molecule has 4 rings (SSSR count). The maximum atomic E-state index is 14.2. The van der Waals surface area contributed by atoms with Gasteiger partial charge in [0.15, 0.2) is 0 Å². The van der Waals surface area contributed by atoms with Gasteiger partial charge in [0.05, 0.1) is 18.8 Å². The SMILES string of the molecule is CC[C@@H](C=O)NC(=O)[C@@H]1C[C@@H](Oc2cccc3ccccc23)CN1C(=O)[C@H](NC(=O)[C@H](NC(=O)c1cnccn1)C(C)C)C(C)C. The molecule has 0 unspecified atom stereocenters. The van der Waals surface area contributed by atoms with Gasteiger partial charge in [0, 0.05) is 24.2 Å². The number of aromatic nitrogens is 2. The number of nitrogens with zero attached hydrogens (tertiary/aromatic N) is 3. The molecular formula is C34H42N6O6. The first kappa shape index (κ1) is 34.0. The smallest absolute Gasteiger partial charge is 0.272 e. The Hall–Kier alpha value is -4.87. The summed E-state index contributed by atoms with van der Waals surface area (Å²) in [6, 6.07) is 9.86. The van der Waals surface area contributed by atoms with E-state index < -0.39 is 53.9 Å². The van der Waals surface area contributed by atoms with E-state index in [4.69, 9.17) is 4.74 Å². The number of aldehydes is 1. The largest absolute Gasteiger partial charge is 0.488 e. The molecule has 1 aromatic heterocycles. The second-order valence-corrected chi connectivity index (χ2v) is 12.1. The van der Waals surface area contributed by atoms with E-state index in [1.165, 1.54) is 23.5 Å². The summed E-state index contributed by atoms with van der Waals surface area (Å²) in [5, 5.41) is 10.2. The van der Waals surface area contributed by atoms with Crippen molar-refractivity contribution in [3.8, 4) is 5.75 Å². The lowest BCUT2D eigenvalue weighted by Crippen LogP contribution is -2.59. The number of carbonyl (C=O) groups is 5. The van der Waals surface area contributed by atoms with Crippen molar-refractivity contribution in [3.05, 3.63) is 66.7 Å². The third-order valence-corrected chi connectivity index (χ3v) is 8.09. The Balaban J connectivity index is 1.57. The molecule has 4 amide bonds. The number of amides is 4. The van der Waals surface area contributed by atoms with Crippen molar-refractivity contribution in [2.24, 2.45) is 11.8 Å². The van der Waals surface area contributed by atoms with E-state index in [-0.39, 0.29) is 30.5 Å². The lowest BCUT2D eigenvalue weighted by Gasteiger charge is -2.32. The van der Waals surface area contributed by atoms with E-state index in [9.17, 15) is 24.0 Å². The molecule has 2 aromatic carbocycles. The fourth-order valence-electron chi connectivity index (χ4n) is 5.47. The minimum absolute atomic E-state index is 0.0568. The summed E-state index contributed by atoms with van der Waals surface area (Å²) in [6.45, 7) is 9.01. The van der Waals surface area contributed by atoms with Crippen LogP contribution in [0.25, 0.3) is 10.8 Å². The number of hydrogen-bond acceptors (Lipinski definition) is 8. The summed E-state index contributed by atoms with van der Waals surface area (Å²) >= 11 is 0. The molecule has 1 fully saturated rings. The number of ether oxygens (including phenoxy) is 1. The molecular weight excluding hydrogens is 588 g/mol.